The molecule has 0 aliphatic rings. The van der Waals surface area contributed by atoms with E-state index in [1.165, 1.54) is 20.9 Å². The number of aromatic nitrogens is 1. The van der Waals surface area contributed by atoms with Gasteiger partial charge in [0.2, 0.25) is 5.91 Å². The normalized spacial score (nSPS) is 10.3. The Morgan fingerprint density at radius 1 is 0.947 bits per heavy atom. The molecule has 0 bridgehead atoms. The van der Waals surface area contributed by atoms with Crippen molar-refractivity contribution in [2.45, 2.75) is 39.7 Å². The molecule has 7 heteroatoms. The van der Waals surface area contributed by atoms with Gasteiger partial charge in [-0.05, 0) is 80.4 Å². The Bertz CT molecular complexity index is 1230. The molecule has 4 aromatic rings. The first-order valence-corrected chi connectivity index (χ1v) is 12.9. The summed E-state index contributed by atoms with van der Waals surface area (Å²) in [5.74, 6) is -0.0808. The van der Waals surface area contributed by atoms with Crippen molar-refractivity contribution < 1.29 is 14.4 Å². The van der Waals surface area contributed by atoms with Crippen LogP contribution in [0.4, 0.5) is 0 Å². The first-order valence-electron chi connectivity index (χ1n) is 12.1. The molecule has 2 heterocycles. The molecular weight excluding hydrogens is 494 g/mol. The Balaban J connectivity index is 0.000000294. The number of carbonyl (C=O) groups is 3. The summed E-state index contributed by atoms with van der Waals surface area (Å²) in [5, 5.41) is 3.05. The summed E-state index contributed by atoms with van der Waals surface area (Å²) >= 11 is 1.78. The van der Waals surface area contributed by atoms with Gasteiger partial charge in [0.15, 0.2) is 0 Å². The zero-order chi connectivity index (χ0) is 28.3. The SMILES string of the molecule is C=O.CC(=O)Cc1cccc(-c2ccc(C)s2)c1.CNC(CC(N)=O)c1ccccc1.Cc1ccncc1. The van der Waals surface area contributed by atoms with E-state index in [1.54, 1.807) is 30.7 Å². The number of carbonyl (C=O) groups excluding carboxylic acids is 3. The second-order valence-electron chi connectivity index (χ2n) is 8.44. The number of amides is 1. The van der Waals surface area contributed by atoms with Gasteiger partial charge in [-0.15, -0.1) is 11.3 Å². The smallest absolute Gasteiger partial charge is 0.219 e. The van der Waals surface area contributed by atoms with Crippen LogP contribution in [0.25, 0.3) is 10.4 Å². The Morgan fingerprint density at radius 2 is 1.61 bits per heavy atom. The maximum absolute atomic E-state index is 11.1. The summed E-state index contributed by atoms with van der Waals surface area (Å²) < 4.78 is 0. The Kier molecular flexibility index (Phi) is 15.5. The second kappa shape index (κ2) is 18.3. The highest BCUT2D eigenvalue weighted by Gasteiger charge is 2.10. The fourth-order valence-electron chi connectivity index (χ4n) is 3.41. The van der Waals surface area contributed by atoms with E-state index in [1.807, 2.05) is 75.4 Å². The highest BCUT2D eigenvalue weighted by Crippen LogP contribution is 2.28. The van der Waals surface area contributed by atoms with Crippen LogP contribution in [0, 0.1) is 13.8 Å². The lowest BCUT2D eigenvalue weighted by Crippen LogP contribution is -2.23. The van der Waals surface area contributed by atoms with E-state index >= 15 is 0 Å². The summed E-state index contributed by atoms with van der Waals surface area (Å²) in [6.45, 7) is 7.78. The zero-order valence-corrected chi connectivity index (χ0v) is 23.3. The number of hydrogen-bond acceptors (Lipinski definition) is 6. The lowest BCUT2D eigenvalue weighted by atomic mass is 10.0. The van der Waals surface area contributed by atoms with E-state index < -0.39 is 0 Å². The number of hydrogen-bond donors (Lipinski definition) is 2. The number of nitrogens with one attached hydrogen (secondary N) is 1. The molecule has 0 aliphatic carbocycles. The molecule has 1 unspecified atom stereocenters. The van der Waals surface area contributed by atoms with E-state index in [0.29, 0.717) is 12.8 Å². The quantitative estimate of drug-likeness (QED) is 0.310. The van der Waals surface area contributed by atoms with Gasteiger partial charge >= 0.3 is 0 Å². The maximum atomic E-state index is 11.1. The molecule has 38 heavy (non-hydrogen) atoms. The number of pyridine rings is 1. The van der Waals surface area contributed by atoms with Gasteiger partial charge in [0.05, 0.1) is 0 Å². The molecule has 3 N–H and O–H groups in total. The number of Topliss-reactive ketones (excluding diaryl/α,β-unsaturated/α-hetero) is 1. The molecule has 0 saturated heterocycles. The number of benzene rings is 2. The lowest BCUT2D eigenvalue weighted by molar-refractivity contribution is -0.118. The van der Waals surface area contributed by atoms with Gasteiger partial charge in [-0.3, -0.25) is 14.6 Å². The van der Waals surface area contributed by atoms with Crippen molar-refractivity contribution in [2.24, 2.45) is 5.73 Å². The van der Waals surface area contributed by atoms with Crippen molar-refractivity contribution in [1.29, 1.82) is 0 Å². The monoisotopic (exact) mass is 531 g/mol. The molecule has 1 amide bonds. The topological polar surface area (TPSA) is 102 Å². The third kappa shape index (κ3) is 12.9. The maximum Gasteiger partial charge on any atom is 0.219 e. The van der Waals surface area contributed by atoms with Crippen LogP contribution in [0.3, 0.4) is 0 Å². The Hall–Kier alpha value is -3.94. The van der Waals surface area contributed by atoms with Crippen molar-refractivity contribution in [2.75, 3.05) is 7.05 Å². The molecular formula is C31H37N3O3S. The average Bonchev–Trinajstić information content (AvgIpc) is 3.36. The van der Waals surface area contributed by atoms with E-state index in [0.717, 1.165) is 11.1 Å². The molecule has 2 aromatic heterocycles. The lowest BCUT2D eigenvalue weighted by Gasteiger charge is -2.14. The Labute approximate surface area is 230 Å². The van der Waals surface area contributed by atoms with Crippen LogP contribution in [-0.4, -0.2) is 30.5 Å². The summed E-state index contributed by atoms with van der Waals surface area (Å²) in [5.41, 5.74) is 9.77. The van der Waals surface area contributed by atoms with E-state index in [4.69, 9.17) is 10.5 Å². The standard InChI is InChI=1S/C14H14OS.C10H14N2O.C6H7N.CH2O/c1-10(15)8-12-4-3-5-13(9-12)14-7-6-11(2)16-14;1-12-9(7-10(11)13)8-5-3-2-4-6-8;1-6-2-4-7-5-3-6;1-2/h3-7,9H,8H2,1-2H3;2-6,9,12H,7H2,1H3,(H2,11,13);2-5H,1H3;1H2. The zero-order valence-electron chi connectivity index (χ0n) is 22.5. The van der Waals surface area contributed by atoms with Crippen LogP contribution in [0.2, 0.25) is 0 Å². The fraction of sp³-hybridized carbons (Fsp3) is 0.226. The summed E-state index contributed by atoms with van der Waals surface area (Å²) in [4.78, 5) is 36.2. The predicted molar refractivity (Wildman–Crippen MR) is 157 cm³/mol. The van der Waals surface area contributed by atoms with Gasteiger partial charge in [0.1, 0.15) is 12.6 Å². The van der Waals surface area contributed by atoms with Crippen LogP contribution >= 0.6 is 11.3 Å². The van der Waals surface area contributed by atoms with Crippen LogP contribution in [-0.2, 0) is 20.8 Å². The molecule has 0 spiro atoms. The average molecular weight is 532 g/mol. The highest BCUT2D eigenvalue weighted by molar-refractivity contribution is 7.15. The van der Waals surface area contributed by atoms with Crippen LogP contribution < -0.4 is 11.1 Å². The molecule has 200 valence electrons. The van der Waals surface area contributed by atoms with Crippen LogP contribution in [0.5, 0.6) is 0 Å². The van der Waals surface area contributed by atoms with Crippen molar-refractivity contribution >= 4 is 29.8 Å². The number of primary amides is 1. The number of ketones is 1. The van der Waals surface area contributed by atoms with Crippen molar-refractivity contribution in [3.63, 3.8) is 0 Å². The van der Waals surface area contributed by atoms with Crippen molar-refractivity contribution in [3.8, 4) is 10.4 Å². The number of thiophene rings is 1. The molecule has 0 fully saturated rings. The minimum atomic E-state index is -0.289. The molecule has 0 radical (unpaired) electrons. The highest BCUT2D eigenvalue weighted by atomic mass is 32.1. The minimum Gasteiger partial charge on any atom is -0.370 e. The molecule has 2 aromatic carbocycles. The molecule has 6 nitrogen and oxygen atoms in total. The number of aryl methyl sites for hydroxylation is 2. The van der Waals surface area contributed by atoms with Crippen LogP contribution in [0.15, 0.2) is 91.3 Å². The first-order chi connectivity index (χ1) is 18.3. The Morgan fingerprint density at radius 3 is 2.08 bits per heavy atom. The van der Waals surface area contributed by atoms with E-state index in [2.05, 4.69) is 41.5 Å². The largest absolute Gasteiger partial charge is 0.370 e. The number of rotatable bonds is 7. The van der Waals surface area contributed by atoms with Gasteiger partial charge in [-0.1, -0.05) is 48.5 Å². The van der Waals surface area contributed by atoms with Gasteiger partial charge in [-0.25, -0.2) is 0 Å². The van der Waals surface area contributed by atoms with Gasteiger partial charge in [0, 0.05) is 41.0 Å². The summed E-state index contributed by atoms with van der Waals surface area (Å²) in [7, 11) is 1.82. The third-order valence-corrected chi connectivity index (χ3v) is 6.26. The molecule has 4 rings (SSSR count). The predicted octanol–water partition coefficient (Wildman–Crippen LogP) is 5.88. The summed E-state index contributed by atoms with van der Waals surface area (Å²) in [6, 6.07) is 26.2. The van der Waals surface area contributed by atoms with E-state index in [-0.39, 0.29) is 17.7 Å². The second-order valence-corrected chi connectivity index (χ2v) is 9.72. The fourth-order valence-corrected chi connectivity index (χ4v) is 4.28. The molecule has 1 atom stereocenters. The minimum absolute atomic E-state index is 0.0266. The third-order valence-electron chi connectivity index (χ3n) is 5.21. The van der Waals surface area contributed by atoms with Crippen LogP contribution in [0.1, 0.15) is 41.0 Å². The summed E-state index contributed by atoms with van der Waals surface area (Å²) in [6.07, 6.45) is 4.43. The van der Waals surface area contributed by atoms with Crippen molar-refractivity contribution in [3.05, 3.63) is 113 Å². The van der Waals surface area contributed by atoms with Gasteiger partial charge in [0.25, 0.3) is 0 Å². The number of nitrogens with zero attached hydrogens (tertiary/aromatic N) is 1. The van der Waals surface area contributed by atoms with Gasteiger partial charge < -0.3 is 15.8 Å². The first kappa shape index (κ1) is 32.1. The molecule has 0 saturated carbocycles. The van der Waals surface area contributed by atoms with Crippen molar-refractivity contribution in [1.82, 2.24) is 10.3 Å². The van der Waals surface area contributed by atoms with Gasteiger partial charge in [-0.2, -0.15) is 0 Å². The van der Waals surface area contributed by atoms with E-state index in [9.17, 15) is 9.59 Å². The number of nitrogens with two attached hydrogens (primary N) is 1. The molecule has 0 aliphatic heterocycles.